The summed E-state index contributed by atoms with van der Waals surface area (Å²) in [5, 5.41) is 2.77. The highest BCUT2D eigenvalue weighted by Gasteiger charge is 2.13. The maximum Gasteiger partial charge on any atom is 0.338 e. The van der Waals surface area contributed by atoms with E-state index in [0.29, 0.717) is 12.2 Å². The average Bonchev–Trinajstić information content (AvgIpc) is 3.08. The van der Waals surface area contributed by atoms with Gasteiger partial charge in [0.05, 0.1) is 12.2 Å². The zero-order valence-corrected chi connectivity index (χ0v) is 14.2. The van der Waals surface area contributed by atoms with Gasteiger partial charge in [0.15, 0.2) is 6.61 Å². The van der Waals surface area contributed by atoms with Gasteiger partial charge in [-0.2, -0.15) is 0 Å². The van der Waals surface area contributed by atoms with Crippen LogP contribution in [0.25, 0.3) is 0 Å². The third-order valence-corrected chi connectivity index (χ3v) is 4.22. The number of ether oxygens (including phenoxy) is 2. The van der Waals surface area contributed by atoms with Crippen LogP contribution in [0.3, 0.4) is 0 Å². The number of methoxy groups -OCH3 is 1. The fraction of sp³-hybridized carbons (Fsp3) is 0.300. The normalized spacial score (nSPS) is 12.5. The van der Waals surface area contributed by atoms with E-state index in [1.54, 1.807) is 31.4 Å². The second-order valence-electron chi connectivity index (χ2n) is 6.09. The lowest BCUT2D eigenvalue weighted by Gasteiger charge is -2.08. The molecule has 0 saturated heterocycles. The molecular formula is C20H21NO4. The number of carbonyl (C=O) groups is 2. The van der Waals surface area contributed by atoms with Crippen LogP contribution in [-0.4, -0.2) is 25.6 Å². The Hall–Kier alpha value is -2.66. The van der Waals surface area contributed by atoms with Gasteiger partial charge >= 0.3 is 5.97 Å². The van der Waals surface area contributed by atoms with Crippen LogP contribution in [0.15, 0.2) is 42.5 Å². The lowest BCUT2D eigenvalue weighted by atomic mass is 10.1. The van der Waals surface area contributed by atoms with E-state index in [2.05, 4.69) is 5.32 Å². The maximum atomic E-state index is 12.0. The van der Waals surface area contributed by atoms with Crippen LogP contribution in [0.2, 0.25) is 0 Å². The van der Waals surface area contributed by atoms with E-state index >= 15 is 0 Å². The lowest BCUT2D eigenvalue weighted by Crippen LogP contribution is -2.21. The van der Waals surface area contributed by atoms with Gasteiger partial charge in [-0.05, 0) is 60.2 Å². The highest BCUT2D eigenvalue weighted by atomic mass is 16.5. The molecule has 25 heavy (non-hydrogen) atoms. The van der Waals surface area contributed by atoms with E-state index in [1.807, 2.05) is 18.2 Å². The minimum absolute atomic E-state index is 0.310. The van der Waals surface area contributed by atoms with Crippen LogP contribution in [0.5, 0.6) is 0 Å². The number of hydrogen-bond acceptors (Lipinski definition) is 4. The van der Waals surface area contributed by atoms with Gasteiger partial charge in [0.25, 0.3) is 5.91 Å². The highest BCUT2D eigenvalue weighted by molar-refractivity contribution is 5.95. The molecule has 1 amide bonds. The summed E-state index contributed by atoms with van der Waals surface area (Å²) in [6.07, 6.45) is 3.31. The van der Waals surface area contributed by atoms with Crippen LogP contribution < -0.4 is 5.32 Å². The van der Waals surface area contributed by atoms with Gasteiger partial charge in [0.1, 0.15) is 0 Å². The van der Waals surface area contributed by atoms with Gasteiger partial charge in [-0.3, -0.25) is 4.79 Å². The number of anilines is 1. The number of benzene rings is 2. The Morgan fingerprint density at radius 1 is 1.04 bits per heavy atom. The number of carbonyl (C=O) groups excluding carboxylic acids is 2. The second kappa shape index (κ2) is 7.94. The van der Waals surface area contributed by atoms with Gasteiger partial charge in [-0.25, -0.2) is 4.79 Å². The molecule has 1 aliphatic rings. The third-order valence-electron chi connectivity index (χ3n) is 4.22. The summed E-state index contributed by atoms with van der Waals surface area (Å²) >= 11 is 0. The average molecular weight is 339 g/mol. The molecule has 130 valence electrons. The first-order chi connectivity index (χ1) is 12.2. The van der Waals surface area contributed by atoms with Crippen molar-refractivity contribution in [2.24, 2.45) is 0 Å². The smallest absolute Gasteiger partial charge is 0.338 e. The molecule has 0 bridgehead atoms. The number of rotatable bonds is 6. The summed E-state index contributed by atoms with van der Waals surface area (Å²) in [6.45, 7) is 0.175. The zero-order valence-electron chi connectivity index (χ0n) is 14.2. The molecule has 5 heteroatoms. The molecule has 0 atom stereocenters. The van der Waals surface area contributed by atoms with Crippen molar-refractivity contribution in [3.8, 4) is 0 Å². The van der Waals surface area contributed by atoms with Crippen molar-refractivity contribution in [1.29, 1.82) is 0 Å². The maximum absolute atomic E-state index is 12.0. The molecule has 0 saturated carbocycles. The summed E-state index contributed by atoms with van der Waals surface area (Å²) in [4.78, 5) is 24.0. The van der Waals surface area contributed by atoms with Crippen LogP contribution in [0.4, 0.5) is 5.69 Å². The van der Waals surface area contributed by atoms with E-state index in [4.69, 9.17) is 9.47 Å². The molecule has 0 aromatic heterocycles. The van der Waals surface area contributed by atoms with Crippen LogP contribution in [0.1, 0.15) is 33.5 Å². The molecule has 0 aliphatic heterocycles. The molecule has 0 heterocycles. The Kier molecular flexibility index (Phi) is 5.46. The Morgan fingerprint density at radius 2 is 1.80 bits per heavy atom. The highest BCUT2D eigenvalue weighted by Crippen LogP contribution is 2.24. The van der Waals surface area contributed by atoms with Gasteiger partial charge < -0.3 is 14.8 Å². The van der Waals surface area contributed by atoms with Crippen molar-refractivity contribution >= 4 is 17.6 Å². The van der Waals surface area contributed by atoms with Gasteiger partial charge in [-0.15, -0.1) is 0 Å². The minimum Gasteiger partial charge on any atom is -0.452 e. The molecule has 0 fully saturated rings. The van der Waals surface area contributed by atoms with Gasteiger partial charge in [0.2, 0.25) is 0 Å². The first-order valence-electron chi connectivity index (χ1n) is 8.32. The predicted octanol–water partition coefficient (Wildman–Crippen LogP) is 3.12. The van der Waals surface area contributed by atoms with E-state index in [9.17, 15) is 9.59 Å². The van der Waals surface area contributed by atoms with Crippen molar-refractivity contribution in [2.75, 3.05) is 19.0 Å². The number of amides is 1. The van der Waals surface area contributed by atoms with Crippen LogP contribution >= 0.6 is 0 Å². The van der Waals surface area contributed by atoms with E-state index < -0.39 is 5.97 Å². The SMILES string of the molecule is COCc1ccc(C(=O)OCC(=O)Nc2ccc3c(c2)CCC3)cc1. The molecule has 1 N–H and O–H groups in total. The Bertz CT molecular complexity index is 768. The molecule has 1 aliphatic carbocycles. The number of fused-ring (bicyclic) bond motifs is 1. The Labute approximate surface area is 147 Å². The van der Waals surface area contributed by atoms with Crippen molar-refractivity contribution < 1.29 is 19.1 Å². The van der Waals surface area contributed by atoms with Gasteiger partial charge in [-0.1, -0.05) is 18.2 Å². The van der Waals surface area contributed by atoms with Crippen LogP contribution in [0, 0.1) is 0 Å². The lowest BCUT2D eigenvalue weighted by molar-refractivity contribution is -0.119. The van der Waals surface area contributed by atoms with Crippen molar-refractivity contribution in [1.82, 2.24) is 0 Å². The summed E-state index contributed by atoms with van der Waals surface area (Å²) < 4.78 is 10.1. The summed E-state index contributed by atoms with van der Waals surface area (Å²) in [7, 11) is 1.61. The fourth-order valence-corrected chi connectivity index (χ4v) is 2.96. The molecule has 3 rings (SSSR count). The number of esters is 1. The molecular weight excluding hydrogens is 318 g/mol. The van der Waals surface area contributed by atoms with E-state index in [-0.39, 0.29) is 12.5 Å². The first-order valence-corrected chi connectivity index (χ1v) is 8.32. The molecule has 2 aromatic carbocycles. The molecule has 5 nitrogen and oxygen atoms in total. The zero-order chi connectivity index (χ0) is 17.6. The fourth-order valence-electron chi connectivity index (χ4n) is 2.96. The summed E-state index contributed by atoms with van der Waals surface area (Å²) in [5.41, 5.74) is 4.75. The molecule has 0 radical (unpaired) electrons. The van der Waals surface area contributed by atoms with E-state index in [1.165, 1.54) is 11.1 Å². The predicted molar refractivity (Wildman–Crippen MR) is 94.5 cm³/mol. The first kappa shape index (κ1) is 17.2. The number of aryl methyl sites for hydroxylation is 2. The Morgan fingerprint density at radius 3 is 2.56 bits per heavy atom. The van der Waals surface area contributed by atoms with Crippen molar-refractivity contribution in [2.45, 2.75) is 25.9 Å². The molecule has 2 aromatic rings. The second-order valence-corrected chi connectivity index (χ2v) is 6.09. The summed E-state index contributed by atoms with van der Waals surface area (Å²) in [5.74, 6) is -0.865. The number of hydrogen-bond donors (Lipinski definition) is 1. The quantitative estimate of drug-likeness (QED) is 0.821. The largest absolute Gasteiger partial charge is 0.452 e. The van der Waals surface area contributed by atoms with Crippen molar-refractivity contribution in [3.63, 3.8) is 0 Å². The summed E-state index contributed by atoms with van der Waals surface area (Å²) in [6, 6.07) is 12.8. The minimum atomic E-state index is -0.520. The van der Waals surface area contributed by atoms with Crippen LogP contribution in [-0.2, 0) is 33.7 Å². The Balaban J connectivity index is 1.50. The number of nitrogens with one attached hydrogen (secondary N) is 1. The third kappa shape index (κ3) is 4.45. The molecule has 0 unspecified atom stereocenters. The standard InChI is InChI=1S/C20H21NO4/c1-24-12-14-5-7-16(8-6-14)20(23)25-13-19(22)21-18-10-9-15-3-2-4-17(15)11-18/h5-11H,2-4,12-13H2,1H3,(H,21,22). The van der Waals surface area contributed by atoms with Gasteiger partial charge in [0, 0.05) is 12.8 Å². The van der Waals surface area contributed by atoms with E-state index in [0.717, 1.165) is 30.5 Å². The topological polar surface area (TPSA) is 64.6 Å². The monoisotopic (exact) mass is 339 g/mol. The molecule has 0 spiro atoms. The van der Waals surface area contributed by atoms with Crippen molar-refractivity contribution in [3.05, 3.63) is 64.7 Å².